The zero-order valence-corrected chi connectivity index (χ0v) is 40.4. The second-order valence-corrected chi connectivity index (χ2v) is 24.0. The van der Waals surface area contributed by atoms with Crippen LogP contribution in [-0.4, -0.2) is 79.8 Å². The first-order chi connectivity index (χ1) is 28.6. The van der Waals surface area contributed by atoms with Crippen LogP contribution in [0.25, 0.3) is 0 Å². The molecule has 0 spiro atoms. The minimum Gasteiger partial charge on any atom is -0.446 e. The highest BCUT2D eigenvalue weighted by Crippen LogP contribution is 2.67. The predicted octanol–water partition coefficient (Wildman–Crippen LogP) is 11.6. The molecule has 3 N–H and O–H groups in total. The van der Waals surface area contributed by atoms with Crippen molar-refractivity contribution in [2.24, 2.45) is 51.2 Å². The van der Waals surface area contributed by atoms with E-state index < -0.39 is 17.3 Å². The maximum Gasteiger partial charge on any atom is 0.410 e. The number of carbonyl (C=O) groups excluding carboxylic acids is 3. The average Bonchev–Trinajstić information content (AvgIpc) is 4.09. The van der Waals surface area contributed by atoms with Crippen LogP contribution in [-0.2, 0) is 14.2 Å². The van der Waals surface area contributed by atoms with Gasteiger partial charge in [-0.15, -0.1) is 0 Å². The minimum atomic E-state index is -0.563. The maximum atomic E-state index is 14.2. The zero-order chi connectivity index (χ0) is 44.3. The first-order valence-corrected chi connectivity index (χ1v) is 24.9. The molecule has 3 amide bonds. The molecule has 0 aromatic carbocycles. The molecule has 6 aliphatic carbocycles. The second kappa shape index (κ2) is 19.3. The van der Waals surface area contributed by atoms with Gasteiger partial charge in [0.25, 0.3) is 0 Å². The number of nitrogens with zero attached hydrogens (tertiary/aromatic N) is 1. The van der Waals surface area contributed by atoms with Crippen molar-refractivity contribution in [1.29, 1.82) is 0 Å². The summed E-state index contributed by atoms with van der Waals surface area (Å²) < 4.78 is 17.5. The van der Waals surface area contributed by atoms with Gasteiger partial charge in [-0.3, -0.25) is 0 Å². The molecule has 10 heteroatoms. The van der Waals surface area contributed by atoms with Crippen molar-refractivity contribution in [2.75, 3.05) is 39.3 Å². The molecule has 0 aromatic heterocycles. The van der Waals surface area contributed by atoms with Gasteiger partial charge in [-0.25, -0.2) is 14.4 Å². The number of allylic oxidation sites excluding steroid dienone is 1. The fourth-order valence-corrected chi connectivity index (χ4v) is 12.3. The topological polar surface area (TPSA) is 118 Å². The molecule has 0 saturated heterocycles. The van der Waals surface area contributed by atoms with Gasteiger partial charge < -0.3 is 35.1 Å². The van der Waals surface area contributed by atoms with Crippen LogP contribution in [0.4, 0.5) is 14.4 Å². The van der Waals surface area contributed by atoms with Crippen molar-refractivity contribution in [1.82, 2.24) is 20.9 Å². The van der Waals surface area contributed by atoms with E-state index in [9.17, 15) is 14.4 Å². The third kappa shape index (κ3) is 12.8. The number of fused-ring (bicyclic) bond motifs is 5. The van der Waals surface area contributed by atoms with Crippen LogP contribution in [0.15, 0.2) is 11.6 Å². The average molecular weight is 853 g/mol. The third-order valence-corrected chi connectivity index (χ3v) is 16.4. The molecule has 0 bridgehead atoms. The summed E-state index contributed by atoms with van der Waals surface area (Å²) in [6, 6.07) is 0. The van der Waals surface area contributed by atoms with E-state index in [0.29, 0.717) is 31.6 Å². The Hall–Kier alpha value is -2.49. The van der Waals surface area contributed by atoms with E-state index >= 15 is 0 Å². The Morgan fingerprint density at radius 1 is 0.770 bits per heavy atom. The van der Waals surface area contributed by atoms with E-state index in [1.165, 1.54) is 57.8 Å². The third-order valence-electron chi connectivity index (χ3n) is 16.4. The number of carbonyl (C=O) groups is 3. The quantitative estimate of drug-likeness (QED) is 0.0673. The number of hydrogen-bond acceptors (Lipinski definition) is 7. The summed E-state index contributed by atoms with van der Waals surface area (Å²) in [5.74, 6) is 4.11. The Kier molecular flexibility index (Phi) is 15.2. The van der Waals surface area contributed by atoms with Gasteiger partial charge in [-0.05, 0) is 178 Å². The number of unbranched alkanes of at least 4 members (excludes halogenated alkanes) is 2. The number of ether oxygens (including phenoxy) is 3. The summed E-state index contributed by atoms with van der Waals surface area (Å²) >= 11 is 0. The minimum absolute atomic E-state index is 0.0952. The Balaban J connectivity index is 1.01. The number of rotatable bonds is 19. The Bertz CT molecular complexity index is 1540. The number of alkyl carbamates (subject to hydrolysis) is 2. The van der Waals surface area contributed by atoms with E-state index in [1.54, 1.807) is 5.57 Å². The highest BCUT2D eigenvalue weighted by molar-refractivity contribution is 5.69. The SMILES string of the molecule is CC(C)CCCCC1CCC2C3CC=C4CC(OC(=O)N(CCCCNCC5(CNC(=O)OC(C)(C)C)CC5)CC5(CNC(=O)OC(C)(C)C)CC5)CCC4(C)C3CCC12C. The smallest absolute Gasteiger partial charge is 0.410 e. The lowest BCUT2D eigenvalue weighted by atomic mass is 9.47. The van der Waals surface area contributed by atoms with E-state index in [2.05, 4.69) is 49.7 Å². The zero-order valence-electron chi connectivity index (χ0n) is 40.4. The van der Waals surface area contributed by atoms with Gasteiger partial charge >= 0.3 is 18.3 Å². The van der Waals surface area contributed by atoms with Gasteiger partial charge in [0, 0.05) is 50.0 Å². The normalized spacial score (nSPS) is 30.9. The van der Waals surface area contributed by atoms with Gasteiger partial charge in [-0.1, -0.05) is 58.6 Å². The molecule has 0 heterocycles. The highest BCUT2D eigenvalue weighted by Gasteiger charge is 2.58. The molecule has 7 atom stereocenters. The van der Waals surface area contributed by atoms with Crippen LogP contribution in [0.1, 0.15) is 185 Å². The number of amides is 3. The van der Waals surface area contributed by atoms with Crippen LogP contribution < -0.4 is 16.0 Å². The molecule has 7 unspecified atom stereocenters. The van der Waals surface area contributed by atoms with Crippen molar-refractivity contribution in [2.45, 2.75) is 202 Å². The molecule has 0 aliphatic heterocycles. The fourth-order valence-electron chi connectivity index (χ4n) is 12.3. The lowest BCUT2D eigenvalue weighted by Gasteiger charge is -2.58. The second-order valence-electron chi connectivity index (χ2n) is 24.0. The Morgan fingerprint density at radius 2 is 1.43 bits per heavy atom. The molecule has 348 valence electrons. The molecule has 5 fully saturated rings. The van der Waals surface area contributed by atoms with Crippen molar-refractivity contribution in [3.05, 3.63) is 11.6 Å². The number of hydrogen-bond donors (Lipinski definition) is 3. The van der Waals surface area contributed by atoms with Crippen LogP contribution >= 0.6 is 0 Å². The standard InChI is InChI=1S/C51H88N4O6/c1-36(2)15-11-12-16-37-18-20-41-40-19-17-38-31-39(21-23-49(38,10)42(40)22-24-48(37,41)9)59-45(58)55(35-51(27-28-51)34-54-44(57)61-47(6,7)8)30-14-13-29-52-32-50(25-26-50)33-53-43(56)60-46(3,4)5/h17,36-37,39-42,52H,11-16,18-35H2,1-10H3,(H,53,56)(H,54,57). The molecular formula is C51H88N4O6. The fraction of sp³-hybridized carbons (Fsp3) is 0.902. The molecule has 6 rings (SSSR count). The number of nitrogens with one attached hydrogen (secondary N) is 3. The Morgan fingerprint density at radius 3 is 2.05 bits per heavy atom. The first-order valence-electron chi connectivity index (χ1n) is 24.9. The Labute approximate surface area is 370 Å². The van der Waals surface area contributed by atoms with Crippen molar-refractivity contribution < 1.29 is 28.6 Å². The van der Waals surface area contributed by atoms with E-state index in [0.717, 1.165) is 100 Å². The molecule has 5 saturated carbocycles. The monoisotopic (exact) mass is 853 g/mol. The van der Waals surface area contributed by atoms with Crippen LogP contribution in [0.3, 0.4) is 0 Å². The first kappa shape index (κ1) is 48.0. The predicted molar refractivity (Wildman–Crippen MR) is 244 cm³/mol. The molecule has 6 aliphatic rings. The lowest BCUT2D eigenvalue weighted by molar-refractivity contribution is -0.0536. The van der Waals surface area contributed by atoms with Crippen molar-refractivity contribution >= 4 is 18.3 Å². The van der Waals surface area contributed by atoms with Crippen molar-refractivity contribution in [3.8, 4) is 0 Å². The van der Waals surface area contributed by atoms with E-state index in [1.807, 2.05) is 46.4 Å². The van der Waals surface area contributed by atoms with Crippen LogP contribution in [0.5, 0.6) is 0 Å². The molecule has 0 aromatic rings. The summed E-state index contributed by atoms with van der Waals surface area (Å²) in [5.41, 5.74) is 1.15. The maximum absolute atomic E-state index is 14.2. The van der Waals surface area contributed by atoms with E-state index in [-0.39, 0.29) is 34.5 Å². The van der Waals surface area contributed by atoms with Gasteiger partial charge in [0.1, 0.15) is 17.3 Å². The summed E-state index contributed by atoms with van der Waals surface area (Å²) in [6.07, 6.45) is 22.7. The molecule has 61 heavy (non-hydrogen) atoms. The molecule has 10 nitrogen and oxygen atoms in total. The summed E-state index contributed by atoms with van der Waals surface area (Å²) in [5, 5.41) is 9.59. The van der Waals surface area contributed by atoms with Gasteiger partial charge in [0.2, 0.25) is 0 Å². The summed E-state index contributed by atoms with van der Waals surface area (Å²) in [6.45, 7) is 25.2. The summed E-state index contributed by atoms with van der Waals surface area (Å²) in [4.78, 5) is 41.0. The van der Waals surface area contributed by atoms with Crippen LogP contribution in [0.2, 0.25) is 0 Å². The highest BCUT2D eigenvalue weighted by atomic mass is 16.6. The van der Waals surface area contributed by atoms with Crippen molar-refractivity contribution in [3.63, 3.8) is 0 Å². The van der Waals surface area contributed by atoms with Gasteiger partial charge in [0.15, 0.2) is 0 Å². The van der Waals surface area contributed by atoms with Gasteiger partial charge in [-0.2, -0.15) is 0 Å². The molecular weight excluding hydrogens is 765 g/mol. The van der Waals surface area contributed by atoms with E-state index in [4.69, 9.17) is 14.2 Å². The molecule has 0 radical (unpaired) electrons. The van der Waals surface area contributed by atoms with Crippen LogP contribution in [0, 0.1) is 51.2 Å². The lowest BCUT2D eigenvalue weighted by Crippen LogP contribution is -2.51. The largest absolute Gasteiger partial charge is 0.446 e. The van der Waals surface area contributed by atoms with Gasteiger partial charge in [0.05, 0.1) is 0 Å². The summed E-state index contributed by atoms with van der Waals surface area (Å²) in [7, 11) is 0.